The second kappa shape index (κ2) is 6.48. The highest BCUT2D eigenvalue weighted by Crippen LogP contribution is 2.30. The van der Waals surface area contributed by atoms with Crippen molar-refractivity contribution < 1.29 is 8.42 Å². The van der Waals surface area contributed by atoms with Crippen LogP contribution >= 0.6 is 11.8 Å². The fourth-order valence-electron chi connectivity index (χ4n) is 2.22. The van der Waals surface area contributed by atoms with E-state index >= 15 is 0 Å². The number of nitriles is 1. The number of benzene rings is 1. The SMILES string of the molecule is C=C[C@@H]1CN(S(=O)(=O)c2ccc(C)cc2)C/C1=C\SC#N. The summed E-state index contributed by atoms with van der Waals surface area (Å²) in [6.45, 7) is 6.34. The number of thioether (sulfide) groups is 1. The first-order chi connectivity index (χ1) is 9.98. The van der Waals surface area contributed by atoms with Gasteiger partial charge in [0.05, 0.1) is 4.90 Å². The van der Waals surface area contributed by atoms with E-state index in [-0.39, 0.29) is 5.92 Å². The van der Waals surface area contributed by atoms with E-state index in [9.17, 15) is 8.42 Å². The van der Waals surface area contributed by atoms with Gasteiger partial charge in [-0.25, -0.2) is 8.42 Å². The van der Waals surface area contributed by atoms with E-state index in [2.05, 4.69) is 6.58 Å². The van der Waals surface area contributed by atoms with Crippen molar-refractivity contribution in [2.75, 3.05) is 13.1 Å². The van der Waals surface area contributed by atoms with E-state index in [1.54, 1.807) is 35.7 Å². The molecule has 1 fully saturated rings. The second-order valence-electron chi connectivity index (χ2n) is 4.85. The Balaban J connectivity index is 2.28. The van der Waals surface area contributed by atoms with Gasteiger partial charge in [0.2, 0.25) is 10.0 Å². The molecule has 6 heteroatoms. The van der Waals surface area contributed by atoms with Crippen LogP contribution in [-0.4, -0.2) is 25.8 Å². The minimum Gasteiger partial charge on any atom is -0.207 e. The number of thiocyanates is 1. The van der Waals surface area contributed by atoms with Crippen LogP contribution in [0.5, 0.6) is 0 Å². The van der Waals surface area contributed by atoms with Crippen LogP contribution in [-0.2, 0) is 10.0 Å². The molecule has 0 radical (unpaired) electrons. The lowest BCUT2D eigenvalue weighted by Gasteiger charge is -2.15. The molecule has 110 valence electrons. The number of sulfonamides is 1. The maximum Gasteiger partial charge on any atom is 0.243 e. The minimum atomic E-state index is -3.50. The van der Waals surface area contributed by atoms with Gasteiger partial charge >= 0.3 is 0 Å². The quantitative estimate of drug-likeness (QED) is 0.632. The van der Waals surface area contributed by atoms with Crippen molar-refractivity contribution in [2.24, 2.45) is 5.92 Å². The van der Waals surface area contributed by atoms with Gasteiger partial charge in [-0.05, 0) is 41.8 Å². The molecule has 0 saturated carbocycles. The molecular weight excluding hydrogens is 304 g/mol. The van der Waals surface area contributed by atoms with Gasteiger partial charge in [-0.3, -0.25) is 0 Å². The normalized spacial score (nSPS) is 21.3. The number of aryl methyl sites for hydroxylation is 1. The van der Waals surface area contributed by atoms with Crippen molar-refractivity contribution >= 4 is 21.8 Å². The summed E-state index contributed by atoms with van der Waals surface area (Å²) in [5.74, 6) is -0.0360. The first-order valence-electron chi connectivity index (χ1n) is 6.42. The van der Waals surface area contributed by atoms with Crippen molar-refractivity contribution in [1.29, 1.82) is 5.26 Å². The molecule has 1 aromatic rings. The van der Waals surface area contributed by atoms with Gasteiger partial charge in [0, 0.05) is 19.0 Å². The summed E-state index contributed by atoms with van der Waals surface area (Å²) in [6.07, 6.45) is 1.73. The molecule has 0 spiro atoms. The highest BCUT2D eigenvalue weighted by molar-refractivity contribution is 8.06. The van der Waals surface area contributed by atoms with Crippen LogP contribution < -0.4 is 0 Å². The molecule has 0 bridgehead atoms. The topological polar surface area (TPSA) is 61.2 Å². The summed E-state index contributed by atoms with van der Waals surface area (Å²) in [7, 11) is -3.50. The summed E-state index contributed by atoms with van der Waals surface area (Å²) >= 11 is 1.01. The van der Waals surface area contributed by atoms with Crippen LogP contribution in [0.4, 0.5) is 0 Å². The summed E-state index contributed by atoms with van der Waals surface area (Å²) in [5.41, 5.74) is 1.93. The third-order valence-electron chi connectivity index (χ3n) is 3.44. The predicted molar refractivity (Wildman–Crippen MR) is 84.9 cm³/mol. The fraction of sp³-hybridized carbons (Fsp3) is 0.267. The monoisotopic (exact) mass is 320 g/mol. The van der Waals surface area contributed by atoms with E-state index in [1.807, 2.05) is 12.3 Å². The Morgan fingerprint density at radius 1 is 1.43 bits per heavy atom. The Morgan fingerprint density at radius 3 is 2.67 bits per heavy atom. The van der Waals surface area contributed by atoms with Gasteiger partial charge in [0.1, 0.15) is 5.40 Å². The molecule has 2 rings (SSSR count). The molecular formula is C15H16N2O2S2. The Kier molecular flexibility index (Phi) is 4.88. The molecule has 21 heavy (non-hydrogen) atoms. The molecule has 1 aliphatic heterocycles. The fourth-order valence-corrected chi connectivity index (χ4v) is 4.12. The lowest BCUT2D eigenvalue weighted by atomic mass is 10.1. The smallest absolute Gasteiger partial charge is 0.207 e. The van der Waals surface area contributed by atoms with E-state index < -0.39 is 10.0 Å². The largest absolute Gasteiger partial charge is 0.243 e. The van der Waals surface area contributed by atoms with Gasteiger partial charge in [0.25, 0.3) is 0 Å². The van der Waals surface area contributed by atoms with Gasteiger partial charge in [-0.15, -0.1) is 6.58 Å². The van der Waals surface area contributed by atoms with Crippen LogP contribution in [0.25, 0.3) is 0 Å². The molecule has 0 unspecified atom stereocenters. The molecule has 1 atom stereocenters. The van der Waals surface area contributed by atoms with Gasteiger partial charge < -0.3 is 0 Å². The Labute approximate surface area is 129 Å². The highest BCUT2D eigenvalue weighted by Gasteiger charge is 2.34. The van der Waals surface area contributed by atoms with E-state index in [0.717, 1.165) is 22.9 Å². The Bertz CT molecular complexity index is 700. The molecule has 0 aliphatic carbocycles. The van der Waals surface area contributed by atoms with Crippen molar-refractivity contribution in [3.63, 3.8) is 0 Å². The van der Waals surface area contributed by atoms with Crippen LogP contribution in [0.1, 0.15) is 5.56 Å². The highest BCUT2D eigenvalue weighted by atomic mass is 32.2. The van der Waals surface area contributed by atoms with Crippen molar-refractivity contribution in [3.05, 3.63) is 53.5 Å². The standard InChI is InChI=1S/C15H16N2O2S2/c1-3-13-8-17(9-14(13)10-20-11-16)21(18,19)15-6-4-12(2)5-7-15/h3-7,10,13H,1,8-9H2,2H3/b14-10+/t13-/m1/s1. The van der Waals surface area contributed by atoms with Crippen LogP contribution in [0.2, 0.25) is 0 Å². The van der Waals surface area contributed by atoms with Crippen molar-refractivity contribution in [2.45, 2.75) is 11.8 Å². The van der Waals surface area contributed by atoms with Crippen molar-refractivity contribution in [3.8, 4) is 5.40 Å². The van der Waals surface area contributed by atoms with Gasteiger partial charge in [-0.1, -0.05) is 23.8 Å². The predicted octanol–water partition coefficient (Wildman–Crippen LogP) is 2.90. The lowest BCUT2D eigenvalue weighted by Crippen LogP contribution is -2.28. The maximum absolute atomic E-state index is 12.6. The van der Waals surface area contributed by atoms with Crippen LogP contribution in [0.15, 0.2) is 52.8 Å². The minimum absolute atomic E-state index is 0.0360. The average Bonchev–Trinajstić information content (AvgIpc) is 2.89. The number of nitrogens with zero attached hydrogens (tertiary/aromatic N) is 2. The second-order valence-corrected chi connectivity index (χ2v) is 7.45. The average molecular weight is 320 g/mol. The first kappa shape index (κ1) is 15.8. The molecule has 4 nitrogen and oxygen atoms in total. The third-order valence-corrected chi connectivity index (χ3v) is 5.79. The number of hydrogen-bond donors (Lipinski definition) is 0. The molecule has 0 N–H and O–H groups in total. The summed E-state index contributed by atoms with van der Waals surface area (Å²) < 4.78 is 26.7. The zero-order valence-electron chi connectivity index (χ0n) is 11.7. The van der Waals surface area contributed by atoms with Gasteiger partial charge in [0.15, 0.2) is 0 Å². The zero-order chi connectivity index (χ0) is 15.5. The summed E-state index contributed by atoms with van der Waals surface area (Å²) in [4.78, 5) is 0.296. The molecule has 1 heterocycles. The molecule has 1 aliphatic rings. The Hall–Kier alpha value is -1.55. The number of rotatable bonds is 4. The summed E-state index contributed by atoms with van der Waals surface area (Å²) in [5, 5.41) is 12.3. The summed E-state index contributed by atoms with van der Waals surface area (Å²) in [6, 6.07) is 6.82. The zero-order valence-corrected chi connectivity index (χ0v) is 13.3. The molecule has 1 saturated heterocycles. The lowest BCUT2D eigenvalue weighted by molar-refractivity contribution is 0.471. The van der Waals surface area contributed by atoms with E-state index in [4.69, 9.17) is 5.26 Å². The molecule has 1 aromatic carbocycles. The number of hydrogen-bond acceptors (Lipinski definition) is 4. The maximum atomic E-state index is 12.6. The van der Waals surface area contributed by atoms with Crippen LogP contribution in [0, 0.1) is 23.5 Å². The van der Waals surface area contributed by atoms with E-state index in [1.165, 1.54) is 4.31 Å². The first-order valence-corrected chi connectivity index (χ1v) is 8.74. The Morgan fingerprint density at radius 2 is 2.10 bits per heavy atom. The van der Waals surface area contributed by atoms with E-state index in [0.29, 0.717) is 18.0 Å². The van der Waals surface area contributed by atoms with Crippen LogP contribution in [0.3, 0.4) is 0 Å². The third kappa shape index (κ3) is 3.38. The van der Waals surface area contributed by atoms with Crippen molar-refractivity contribution in [1.82, 2.24) is 4.31 Å². The molecule has 0 aromatic heterocycles. The molecule has 0 amide bonds. The van der Waals surface area contributed by atoms with Gasteiger partial charge in [-0.2, -0.15) is 9.57 Å².